The number of hydrogen-bond acceptors (Lipinski definition) is 7. The van der Waals surface area contributed by atoms with Crippen LogP contribution in [0, 0.1) is 0 Å². The van der Waals surface area contributed by atoms with Crippen molar-refractivity contribution < 1.29 is 33.6 Å². The van der Waals surface area contributed by atoms with Crippen molar-refractivity contribution in [1.82, 2.24) is 5.32 Å². The Kier molecular flexibility index (Phi) is 9.77. The van der Waals surface area contributed by atoms with Crippen LogP contribution in [0.15, 0.2) is 71.1 Å². The molecule has 2 N–H and O–H groups in total. The standard InChI is InChI=1S/C27H27Cl2NO7/c1-15-20(25(31)32)21(17-13-18(28)24(34-2)19(29)14-17)22(23(30-15)27(35-3)36-4)26(33)37-12-8-11-16-9-6-5-7-10-16/h5-11,13-14,21,27,30H,12H2,1-4H3,(H,31,32)/b11-8+. The second-order valence-corrected chi connectivity index (χ2v) is 8.78. The maximum atomic E-state index is 13.5. The number of halogens is 2. The van der Waals surface area contributed by atoms with E-state index in [1.807, 2.05) is 36.4 Å². The van der Waals surface area contributed by atoms with Crippen LogP contribution in [-0.4, -0.2) is 51.3 Å². The topological polar surface area (TPSA) is 103 Å². The first-order valence-electron chi connectivity index (χ1n) is 11.2. The minimum Gasteiger partial charge on any atom is -0.494 e. The molecule has 37 heavy (non-hydrogen) atoms. The van der Waals surface area contributed by atoms with Crippen molar-refractivity contribution in [2.45, 2.75) is 19.1 Å². The summed E-state index contributed by atoms with van der Waals surface area (Å²) >= 11 is 12.8. The fraction of sp³-hybridized carbons (Fsp3) is 0.259. The molecule has 1 aliphatic heterocycles. The van der Waals surface area contributed by atoms with E-state index in [1.165, 1.54) is 33.5 Å². The summed E-state index contributed by atoms with van der Waals surface area (Å²) in [5, 5.41) is 13.4. The number of carbonyl (C=O) groups is 2. The molecule has 1 atom stereocenters. The van der Waals surface area contributed by atoms with Gasteiger partial charge in [0.05, 0.1) is 39.9 Å². The van der Waals surface area contributed by atoms with Crippen LogP contribution in [0.4, 0.5) is 0 Å². The third-order valence-corrected chi connectivity index (χ3v) is 6.25. The number of carboxylic acids is 1. The lowest BCUT2D eigenvalue weighted by Crippen LogP contribution is -2.38. The maximum absolute atomic E-state index is 13.5. The number of ether oxygens (including phenoxy) is 4. The molecule has 2 aromatic rings. The van der Waals surface area contributed by atoms with Crippen LogP contribution < -0.4 is 10.1 Å². The summed E-state index contributed by atoms with van der Waals surface area (Å²) in [7, 11) is 4.21. The van der Waals surface area contributed by atoms with E-state index >= 15 is 0 Å². The molecule has 0 fully saturated rings. The quantitative estimate of drug-likeness (QED) is 0.310. The van der Waals surface area contributed by atoms with Gasteiger partial charge in [-0.25, -0.2) is 9.59 Å². The lowest BCUT2D eigenvalue weighted by Gasteiger charge is -2.33. The first-order chi connectivity index (χ1) is 17.7. The van der Waals surface area contributed by atoms with E-state index in [0.717, 1.165) is 5.56 Å². The van der Waals surface area contributed by atoms with E-state index in [1.54, 1.807) is 13.0 Å². The summed E-state index contributed by atoms with van der Waals surface area (Å²) in [5.41, 5.74) is 1.68. The van der Waals surface area contributed by atoms with E-state index in [-0.39, 0.29) is 44.9 Å². The van der Waals surface area contributed by atoms with Crippen LogP contribution >= 0.6 is 23.2 Å². The molecule has 3 rings (SSSR count). The third kappa shape index (κ3) is 6.34. The number of benzene rings is 2. The minimum absolute atomic E-state index is 0.0119. The van der Waals surface area contributed by atoms with E-state index in [4.69, 9.17) is 42.1 Å². The first kappa shape index (κ1) is 28.3. The van der Waals surface area contributed by atoms with Crippen LogP contribution in [0.3, 0.4) is 0 Å². The van der Waals surface area contributed by atoms with E-state index < -0.39 is 24.1 Å². The van der Waals surface area contributed by atoms with Crippen molar-refractivity contribution in [2.24, 2.45) is 0 Å². The number of methoxy groups -OCH3 is 3. The summed E-state index contributed by atoms with van der Waals surface area (Å²) in [5.74, 6) is -2.88. The van der Waals surface area contributed by atoms with Gasteiger partial charge in [-0.1, -0.05) is 59.6 Å². The number of hydrogen-bond donors (Lipinski definition) is 2. The van der Waals surface area contributed by atoms with Crippen molar-refractivity contribution in [3.63, 3.8) is 0 Å². The molecular formula is C27H27Cl2NO7. The summed E-state index contributed by atoms with van der Waals surface area (Å²) in [6, 6.07) is 12.5. The first-order valence-corrected chi connectivity index (χ1v) is 11.9. The van der Waals surface area contributed by atoms with Gasteiger partial charge in [-0.2, -0.15) is 0 Å². The van der Waals surface area contributed by atoms with Gasteiger partial charge in [0.1, 0.15) is 6.61 Å². The predicted molar refractivity (Wildman–Crippen MR) is 140 cm³/mol. The molecule has 0 saturated carbocycles. The molecule has 0 aromatic heterocycles. The van der Waals surface area contributed by atoms with Gasteiger partial charge in [-0.15, -0.1) is 0 Å². The van der Waals surface area contributed by atoms with Crippen LogP contribution in [-0.2, 0) is 23.8 Å². The molecule has 1 unspecified atom stereocenters. The molecule has 1 heterocycles. The van der Waals surface area contributed by atoms with Crippen molar-refractivity contribution in [3.05, 3.63) is 92.3 Å². The largest absolute Gasteiger partial charge is 0.494 e. The van der Waals surface area contributed by atoms with Crippen LogP contribution in [0.2, 0.25) is 10.0 Å². The van der Waals surface area contributed by atoms with Gasteiger partial charge in [0.2, 0.25) is 0 Å². The Morgan fingerprint density at radius 2 is 1.68 bits per heavy atom. The fourth-order valence-corrected chi connectivity index (χ4v) is 4.77. The number of allylic oxidation sites excluding steroid dienone is 1. The van der Waals surface area contributed by atoms with E-state index in [9.17, 15) is 14.7 Å². The molecule has 0 radical (unpaired) electrons. The molecule has 0 aliphatic carbocycles. The molecule has 0 saturated heterocycles. The van der Waals surface area contributed by atoms with Crippen LogP contribution in [0.25, 0.3) is 6.08 Å². The second kappa shape index (κ2) is 12.8. The zero-order valence-corrected chi connectivity index (χ0v) is 22.2. The highest BCUT2D eigenvalue weighted by molar-refractivity contribution is 6.37. The highest BCUT2D eigenvalue weighted by Gasteiger charge is 2.41. The number of aliphatic carboxylic acids is 1. The van der Waals surface area contributed by atoms with Gasteiger partial charge < -0.3 is 29.4 Å². The molecule has 0 bridgehead atoms. The van der Waals surface area contributed by atoms with E-state index in [2.05, 4.69) is 5.32 Å². The zero-order valence-electron chi connectivity index (χ0n) is 20.7. The molecule has 0 spiro atoms. The zero-order chi connectivity index (χ0) is 27.1. The van der Waals surface area contributed by atoms with Crippen LogP contribution in [0.1, 0.15) is 24.0 Å². The summed E-state index contributed by atoms with van der Waals surface area (Å²) in [6.45, 7) is 1.52. The van der Waals surface area contributed by atoms with Gasteiger partial charge in [0.15, 0.2) is 12.0 Å². The Morgan fingerprint density at radius 1 is 1.05 bits per heavy atom. The highest BCUT2D eigenvalue weighted by atomic mass is 35.5. The van der Waals surface area contributed by atoms with Crippen molar-refractivity contribution in [3.8, 4) is 5.75 Å². The summed E-state index contributed by atoms with van der Waals surface area (Å²) in [4.78, 5) is 25.9. The lowest BCUT2D eigenvalue weighted by molar-refractivity contribution is -0.139. The molecule has 2 aromatic carbocycles. The van der Waals surface area contributed by atoms with Gasteiger partial charge in [-0.3, -0.25) is 0 Å². The van der Waals surface area contributed by atoms with Gasteiger partial charge in [0, 0.05) is 19.9 Å². The number of esters is 1. The molecule has 10 heteroatoms. The Morgan fingerprint density at radius 3 is 2.22 bits per heavy atom. The Labute approximate surface area is 225 Å². The normalized spacial score (nSPS) is 15.8. The molecule has 0 amide bonds. The van der Waals surface area contributed by atoms with Gasteiger partial charge in [-0.05, 0) is 36.3 Å². The number of carboxylic acid groups (broad SMARTS) is 1. The fourth-order valence-electron chi connectivity index (χ4n) is 4.11. The van der Waals surface area contributed by atoms with Gasteiger partial charge >= 0.3 is 11.9 Å². The maximum Gasteiger partial charge on any atom is 0.337 e. The second-order valence-electron chi connectivity index (χ2n) is 7.96. The third-order valence-electron chi connectivity index (χ3n) is 5.69. The summed E-state index contributed by atoms with van der Waals surface area (Å²) < 4.78 is 21.6. The Balaban J connectivity index is 2.11. The number of dihydropyridines is 1. The van der Waals surface area contributed by atoms with Gasteiger partial charge in [0.25, 0.3) is 0 Å². The highest BCUT2D eigenvalue weighted by Crippen LogP contribution is 2.44. The average Bonchev–Trinajstić information content (AvgIpc) is 2.87. The number of nitrogens with one attached hydrogen (secondary N) is 1. The van der Waals surface area contributed by atoms with Crippen molar-refractivity contribution in [1.29, 1.82) is 0 Å². The average molecular weight is 548 g/mol. The van der Waals surface area contributed by atoms with Crippen molar-refractivity contribution in [2.75, 3.05) is 27.9 Å². The molecule has 196 valence electrons. The number of rotatable bonds is 10. The molecule has 8 nitrogen and oxygen atoms in total. The SMILES string of the molecule is COc1c(Cl)cc(C2C(C(=O)O)=C(C)NC(C(OC)OC)=C2C(=O)OC/C=C/c2ccccc2)cc1Cl. The lowest BCUT2D eigenvalue weighted by atomic mass is 9.80. The number of carbonyl (C=O) groups excluding carboxylic acids is 1. The smallest absolute Gasteiger partial charge is 0.337 e. The monoisotopic (exact) mass is 547 g/mol. The van der Waals surface area contributed by atoms with E-state index in [0.29, 0.717) is 5.56 Å². The molecular weight excluding hydrogens is 521 g/mol. The summed E-state index contributed by atoms with van der Waals surface area (Å²) in [6.07, 6.45) is 2.48. The Bertz CT molecular complexity index is 1230. The Hall–Kier alpha value is -3.30. The predicted octanol–water partition coefficient (Wildman–Crippen LogP) is 5.18. The van der Waals surface area contributed by atoms with Crippen molar-refractivity contribution >= 4 is 41.2 Å². The molecule has 1 aliphatic rings. The minimum atomic E-state index is -1.24. The van der Waals surface area contributed by atoms with Crippen LogP contribution in [0.5, 0.6) is 5.75 Å².